The lowest BCUT2D eigenvalue weighted by atomic mass is 9.91. The van der Waals surface area contributed by atoms with E-state index in [0.717, 1.165) is 11.1 Å². The fraction of sp³-hybridized carbons (Fsp3) is 0.524. The van der Waals surface area contributed by atoms with Crippen molar-refractivity contribution in [3.63, 3.8) is 0 Å². The van der Waals surface area contributed by atoms with Crippen molar-refractivity contribution in [2.75, 3.05) is 20.1 Å². The smallest absolute Gasteiger partial charge is 0.254 e. The Morgan fingerprint density at radius 2 is 2.13 bits per heavy atom. The minimum Gasteiger partial charge on any atom is -0.441 e. The van der Waals surface area contributed by atoms with E-state index in [0.29, 0.717) is 24.6 Å². The maximum Gasteiger partial charge on any atom is 0.254 e. The monoisotopic (exact) mass is 430 g/mol. The van der Waals surface area contributed by atoms with Gasteiger partial charge in [0.25, 0.3) is 5.91 Å². The van der Waals surface area contributed by atoms with Crippen molar-refractivity contribution in [1.29, 1.82) is 0 Å². The van der Waals surface area contributed by atoms with Gasteiger partial charge in [-0.2, -0.15) is 0 Å². The van der Waals surface area contributed by atoms with Gasteiger partial charge in [0.1, 0.15) is 5.54 Å². The van der Waals surface area contributed by atoms with Crippen LogP contribution in [0.15, 0.2) is 23.3 Å². The molecular formula is C21H30N6O4. The van der Waals surface area contributed by atoms with E-state index >= 15 is 0 Å². The van der Waals surface area contributed by atoms with Crippen LogP contribution in [0, 0.1) is 6.92 Å². The molecule has 3 amide bonds. The van der Waals surface area contributed by atoms with Gasteiger partial charge in [-0.1, -0.05) is 24.6 Å². The molecule has 31 heavy (non-hydrogen) atoms. The van der Waals surface area contributed by atoms with E-state index in [4.69, 9.17) is 10.5 Å². The summed E-state index contributed by atoms with van der Waals surface area (Å²) in [6, 6.07) is 5.68. The van der Waals surface area contributed by atoms with Gasteiger partial charge in [0.05, 0.1) is 6.54 Å². The Labute approximate surface area is 181 Å². The van der Waals surface area contributed by atoms with Crippen molar-refractivity contribution >= 4 is 23.6 Å². The predicted molar refractivity (Wildman–Crippen MR) is 115 cm³/mol. The minimum absolute atomic E-state index is 0.0335. The molecule has 0 fully saturated rings. The van der Waals surface area contributed by atoms with Gasteiger partial charge >= 0.3 is 0 Å². The molecule has 1 aromatic rings. The zero-order chi connectivity index (χ0) is 22.8. The van der Waals surface area contributed by atoms with Gasteiger partial charge < -0.3 is 20.7 Å². The minimum atomic E-state index is -1.45. The van der Waals surface area contributed by atoms with Crippen molar-refractivity contribution in [2.45, 2.75) is 52.0 Å². The van der Waals surface area contributed by atoms with E-state index in [2.05, 4.69) is 15.7 Å². The number of carbonyl (C=O) groups is 3. The number of nitrogens with zero attached hydrogens (tertiary/aromatic N) is 3. The number of amides is 3. The van der Waals surface area contributed by atoms with Gasteiger partial charge in [0.2, 0.25) is 24.1 Å². The van der Waals surface area contributed by atoms with E-state index in [1.165, 1.54) is 6.92 Å². The van der Waals surface area contributed by atoms with Crippen LogP contribution in [0.1, 0.15) is 48.2 Å². The molecule has 0 aromatic heterocycles. The third-order valence-corrected chi connectivity index (χ3v) is 5.49. The number of primary amides is 1. The molecule has 2 aliphatic rings. The lowest BCUT2D eigenvalue weighted by molar-refractivity contribution is -0.131. The van der Waals surface area contributed by atoms with E-state index < -0.39 is 17.4 Å². The van der Waals surface area contributed by atoms with Gasteiger partial charge in [-0.15, -0.1) is 5.10 Å². The van der Waals surface area contributed by atoms with Gasteiger partial charge in [-0.25, -0.2) is 5.01 Å². The average molecular weight is 431 g/mol. The summed E-state index contributed by atoms with van der Waals surface area (Å²) in [6.45, 7) is 6.21. The van der Waals surface area contributed by atoms with Crippen LogP contribution >= 0.6 is 0 Å². The summed E-state index contributed by atoms with van der Waals surface area (Å²) >= 11 is 0. The van der Waals surface area contributed by atoms with Crippen LogP contribution in [-0.2, 0) is 20.9 Å². The second-order valence-electron chi connectivity index (χ2n) is 8.04. The number of nitrogens with two attached hydrogens (primary N) is 1. The number of rotatable bonds is 9. The van der Waals surface area contributed by atoms with Crippen molar-refractivity contribution in [3.05, 3.63) is 34.9 Å². The molecule has 2 unspecified atom stereocenters. The molecule has 0 aliphatic carbocycles. The molecule has 10 nitrogen and oxygen atoms in total. The maximum atomic E-state index is 13.0. The van der Waals surface area contributed by atoms with Crippen LogP contribution in [-0.4, -0.2) is 65.6 Å². The van der Waals surface area contributed by atoms with Gasteiger partial charge in [-0.05, 0) is 31.5 Å². The number of fused-ring (bicyclic) bond motifs is 1. The Morgan fingerprint density at radius 1 is 1.39 bits per heavy atom. The summed E-state index contributed by atoms with van der Waals surface area (Å²) in [5.74, 6) is -0.874. The molecule has 0 saturated carbocycles. The van der Waals surface area contributed by atoms with Crippen LogP contribution in [0.5, 0.6) is 0 Å². The Balaban J connectivity index is 1.78. The highest BCUT2D eigenvalue weighted by molar-refractivity contribution is 5.99. The highest BCUT2D eigenvalue weighted by atomic mass is 16.5. The first-order valence-electron chi connectivity index (χ1n) is 10.3. The molecule has 1 aromatic carbocycles. The third kappa shape index (κ3) is 4.79. The fourth-order valence-electron chi connectivity index (χ4n) is 3.94. The molecule has 2 atom stereocenters. The first-order valence-corrected chi connectivity index (χ1v) is 10.3. The quantitative estimate of drug-likeness (QED) is 0.515. The van der Waals surface area contributed by atoms with E-state index in [-0.39, 0.29) is 31.6 Å². The van der Waals surface area contributed by atoms with Crippen molar-refractivity contribution in [1.82, 2.24) is 20.5 Å². The maximum absolute atomic E-state index is 13.0. The number of hydrogen-bond donors (Lipinski definition) is 3. The summed E-state index contributed by atoms with van der Waals surface area (Å²) in [5.41, 5.74) is 6.79. The molecular weight excluding hydrogens is 400 g/mol. The van der Waals surface area contributed by atoms with Crippen LogP contribution < -0.4 is 16.4 Å². The molecule has 0 bridgehead atoms. The topological polar surface area (TPSA) is 129 Å². The van der Waals surface area contributed by atoms with Crippen LogP contribution in [0.25, 0.3) is 0 Å². The number of carbonyl (C=O) groups excluding carboxylic acids is 3. The second kappa shape index (κ2) is 8.93. The molecule has 168 valence electrons. The van der Waals surface area contributed by atoms with Crippen LogP contribution in [0.4, 0.5) is 0 Å². The lowest BCUT2D eigenvalue weighted by Crippen LogP contribution is -2.63. The summed E-state index contributed by atoms with van der Waals surface area (Å²) in [5, 5.41) is 11.8. The van der Waals surface area contributed by atoms with Crippen molar-refractivity contribution in [3.8, 4) is 0 Å². The van der Waals surface area contributed by atoms with Gasteiger partial charge in [0.15, 0.2) is 0 Å². The number of aryl methyl sites for hydroxylation is 1. The molecule has 4 N–H and O–H groups in total. The molecule has 3 rings (SSSR count). The third-order valence-electron chi connectivity index (χ3n) is 5.49. The van der Waals surface area contributed by atoms with E-state index in [9.17, 15) is 14.4 Å². The van der Waals surface area contributed by atoms with Crippen LogP contribution in [0.2, 0.25) is 0 Å². The molecule has 10 heteroatoms. The summed E-state index contributed by atoms with van der Waals surface area (Å²) in [6.07, 6.45) is 0.0255. The summed E-state index contributed by atoms with van der Waals surface area (Å²) in [7, 11) is 1.78. The molecule has 2 aliphatic heterocycles. The lowest BCUT2D eigenvalue weighted by Gasteiger charge is -2.35. The standard InChI is InChI=1S/C21H30N6O4/c1-5-23-20-26(4)25-17(31-20)8-9-21(19(22)30,24-14(3)28)12-27-11-15-7-6-13(2)10-16(15)18(27)29/h6-7,10,20,23H,5,8-9,11-12H2,1-4H3,(H2,22,30)(H,24,28). The SMILES string of the molecule is CCNC1OC(CCC(CN2Cc3ccc(C)cc3C2=O)(NC(C)=O)C(N)=O)=NN1C. The zero-order valence-corrected chi connectivity index (χ0v) is 18.4. The molecule has 0 radical (unpaired) electrons. The largest absolute Gasteiger partial charge is 0.441 e. The Hall–Kier alpha value is -3.14. The first-order chi connectivity index (χ1) is 14.6. The van der Waals surface area contributed by atoms with Gasteiger partial charge in [-0.3, -0.25) is 19.7 Å². The Bertz CT molecular complexity index is 917. The Kier molecular flexibility index (Phi) is 6.49. The number of benzene rings is 1. The number of nitrogens with one attached hydrogen (secondary N) is 2. The van der Waals surface area contributed by atoms with Crippen molar-refractivity contribution < 1.29 is 19.1 Å². The number of hydrogen-bond acceptors (Lipinski definition) is 7. The first kappa shape index (κ1) is 22.5. The summed E-state index contributed by atoms with van der Waals surface area (Å²) < 4.78 is 5.77. The van der Waals surface area contributed by atoms with E-state index in [1.807, 2.05) is 32.0 Å². The average Bonchev–Trinajstić information content (AvgIpc) is 3.19. The van der Waals surface area contributed by atoms with E-state index in [1.54, 1.807) is 17.0 Å². The van der Waals surface area contributed by atoms with Gasteiger partial charge in [0, 0.05) is 32.5 Å². The van der Waals surface area contributed by atoms with Crippen molar-refractivity contribution in [2.24, 2.45) is 10.8 Å². The highest BCUT2D eigenvalue weighted by Gasteiger charge is 2.43. The number of hydrazone groups is 1. The zero-order valence-electron chi connectivity index (χ0n) is 18.4. The highest BCUT2D eigenvalue weighted by Crippen LogP contribution is 2.27. The second-order valence-corrected chi connectivity index (χ2v) is 8.04. The van der Waals surface area contributed by atoms with Crippen LogP contribution in [0.3, 0.4) is 0 Å². The summed E-state index contributed by atoms with van der Waals surface area (Å²) in [4.78, 5) is 39.0. The predicted octanol–water partition coefficient (Wildman–Crippen LogP) is 0.260. The fourth-order valence-corrected chi connectivity index (χ4v) is 3.94. The molecule has 0 spiro atoms. The Morgan fingerprint density at radius 3 is 2.77 bits per heavy atom. The normalized spacial score (nSPS) is 19.5. The molecule has 2 heterocycles. The molecule has 0 saturated heterocycles. The number of ether oxygens (including phenoxy) is 1.